The van der Waals surface area contributed by atoms with E-state index in [9.17, 15) is 0 Å². The number of ether oxygens (including phenoxy) is 1. The highest BCUT2D eigenvalue weighted by molar-refractivity contribution is 5.74. The number of benzene rings is 2. The Morgan fingerprint density at radius 3 is 2.50 bits per heavy atom. The minimum absolute atomic E-state index is 0.457. The molecule has 0 unspecified atom stereocenters. The molecule has 0 aliphatic carbocycles. The van der Waals surface area contributed by atoms with Gasteiger partial charge >= 0.3 is 0 Å². The molecular weight excluding hydrogens is 352 g/mol. The Morgan fingerprint density at radius 1 is 0.964 bits per heavy atom. The maximum absolute atomic E-state index is 5.47. The molecule has 144 valence electrons. The van der Waals surface area contributed by atoms with E-state index in [1.54, 1.807) is 6.20 Å². The molecule has 2 aromatic carbocycles. The van der Waals surface area contributed by atoms with E-state index in [-0.39, 0.29) is 0 Å². The summed E-state index contributed by atoms with van der Waals surface area (Å²) in [5.74, 6) is 1.10. The first-order chi connectivity index (χ1) is 13.7. The molecule has 4 rings (SSSR count). The maximum Gasteiger partial charge on any atom is 0.249 e. The molecule has 28 heavy (non-hydrogen) atoms. The summed E-state index contributed by atoms with van der Waals surface area (Å²) >= 11 is 0. The monoisotopic (exact) mass is 376 g/mol. The zero-order valence-corrected chi connectivity index (χ0v) is 16.1. The van der Waals surface area contributed by atoms with Crippen LogP contribution < -0.4 is 15.5 Å². The summed E-state index contributed by atoms with van der Waals surface area (Å²) in [6.45, 7) is 7.37. The van der Waals surface area contributed by atoms with Crippen molar-refractivity contribution < 1.29 is 4.74 Å². The summed E-state index contributed by atoms with van der Waals surface area (Å²) in [6.07, 6.45) is 1.63. The van der Waals surface area contributed by atoms with Gasteiger partial charge in [-0.15, -0.1) is 5.10 Å². The summed E-state index contributed by atoms with van der Waals surface area (Å²) in [5, 5.41) is 14.8. The van der Waals surface area contributed by atoms with Crippen LogP contribution >= 0.6 is 0 Å². The maximum atomic E-state index is 5.47. The van der Waals surface area contributed by atoms with Crippen LogP contribution in [0.25, 0.3) is 0 Å². The van der Waals surface area contributed by atoms with Gasteiger partial charge in [0.05, 0.1) is 30.8 Å². The molecule has 2 heterocycles. The van der Waals surface area contributed by atoms with Gasteiger partial charge in [0, 0.05) is 18.8 Å². The first-order valence-electron chi connectivity index (χ1n) is 9.41. The topological polar surface area (TPSA) is 75.2 Å². The van der Waals surface area contributed by atoms with Crippen LogP contribution in [-0.2, 0) is 4.74 Å². The predicted octanol–water partition coefficient (Wildman–Crippen LogP) is 3.81. The van der Waals surface area contributed by atoms with Crippen molar-refractivity contribution in [1.29, 1.82) is 0 Å². The van der Waals surface area contributed by atoms with Gasteiger partial charge < -0.3 is 20.3 Å². The summed E-state index contributed by atoms with van der Waals surface area (Å²) in [5.41, 5.74) is 5.44. The number of nitrogens with zero attached hydrogens (tertiary/aromatic N) is 4. The normalized spacial score (nSPS) is 14.0. The van der Waals surface area contributed by atoms with Gasteiger partial charge in [-0.05, 0) is 49.2 Å². The largest absolute Gasteiger partial charge is 0.378 e. The Labute approximate surface area is 164 Å². The van der Waals surface area contributed by atoms with Gasteiger partial charge in [0.15, 0.2) is 5.82 Å². The third-order valence-corrected chi connectivity index (χ3v) is 4.56. The molecule has 1 aliphatic heterocycles. The second-order valence-corrected chi connectivity index (χ2v) is 6.91. The van der Waals surface area contributed by atoms with E-state index in [4.69, 9.17) is 4.74 Å². The van der Waals surface area contributed by atoms with Crippen LogP contribution in [0.2, 0.25) is 0 Å². The van der Waals surface area contributed by atoms with E-state index in [1.165, 1.54) is 11.1 Å². The van der Waals surface area contributed by atoms with Crippen molar-refractivity contribution in [2.24, 2.45) is 0 Å². The van der Waals surface area contributed by atoms with Crippen molar-refractivity contribution in [3.05, 3.63) is 59.8 Å². The SMILES string of the molecule is Cc1cc(C)cc(Nc2nncc(Nc3ccccc3N3CCOCC3)n2)c1. The van der Waals surface area contributed by atoms with Crippen molar-refractivity contribution in [2.45, 2.75) is 13.8 Å². The molecule has 3 aromatic rings. The van der Waals surface area contributed by atoms with Gasteiger partial charge in [0.1, 0.15) is 0 Å². The first-order valence-corrected chi connectivity index (χ1v) is 9.41. The van der Waals surface area contributed by atoms with Crippen LogP contribution in [0, 0.1) is 13.8 Å². The van der Waals surface area contributed by atoms with E-state index in [0.29, 0.717) is 11.8 Å². The molecule has 0 amide bonds. The summed E-state index contributed by atoms with van der Waals surface area (Å²) < 4.78 is 5.47. The second kappa shape index (κ2) is 8.22. The number of aryl methyl sites for hydroxylation is 2. The lowest BCUT2D eigenvalue weighted by molar-refractivity contribution is 0.123. The molecule has 0 radical (unpaired) electrons. The molecule has 0 saturated carbocycles. The predicted molar refractivity (Wildman–Crippen MR) is 112 cm³/mol. The van der Waals surface area contributed by atoms with Gasteiger partial charge in [-0.3, -0.25) is 0 Å². The number of nitrogens with one attached hydrogen (secondary N) is 2. The number of para-hydroxylation sites is 2. The number of anilines is 5. The number of aromatic nitrogens is 3. The van der Waals surface area contributed by atoms with Gasteiger partial charge in [-0.1, -0.05) is 18.2 Å². The molecule has 2 N–H and O–H groups in total. The van der Waals surface area contributed by atoms with E-state index >= 15 is 0 Å². The fourth-order valence-corrected chi connectivity index (χ4v) is 3.39. The average Bonchev–Trinajstić information content (AvgIpc) is 2.69. The third kappa shape index (κ3) is 4.37. The van der Waals surface area contributed by atoms with E-state index in [0.717, 1.165) is 43.4 Å². The molecule has 7 heteroatoms. The van der Waals surface area contributed by atoms with Crippen LogP contribution in [0.5, 0.6) is 0 Å². The Hall–Kier alpha value is -3.19. The Kier molecular flexibility index (Phi) is 5.34. The standard InChI is InChI=1S/C21H24N6O/c1-15-11-16(2)13-17(12-15)23-21-25-20(14-22-26-21)24-18-5-3-4-6-19(18)27-7-9-28-10-8-27/h3-6,11-14H,7-10H2,1-2H3,(H2,23,24,25,26). The highest BCUT2D eigenvalue weighted by Crippen LogP contribution is 2.28. The Morgan fingerprint density at radius 2 is 1.71 bits per heavy atom. The van der Waals surface area contributed by atoms with E-state index < -0.39 is 0 Å². The smallest absolute Gasteiger partial charge is 0.249 e. The molecule has 1 aliphatic rings. The third-order valence-electron chi connectivity index (χ3n) is 4.56. The minimum Gasteiger partial charge on any atom is -0.378 e. The van der Waals surface area contributed by atoms with Crippen molar-refractivity contribution in [2.75, 3.05) is 41.8 Å². The number of rotatable bonds is 5. The lowest BCUT2D eigenvalue weighted by Gasteiger charge is -2.30. The molecule has 0 spiro atoms. The molecule has 1 fully saturated rings. The molecule has 1 aromatic heterocycles. The molecule has 1 saturated heterocycles. The van der Waals surface area contributed by atoms with Gasteiger partial charge in [-0.2, -0.15) is 10.1 Å². The van der Waals surface area contributed by atoms with Gasteiger partial charge in [0.25, 0.3) is 0 Å². The van der Waals surface area contributed by atoms with Crippen LogP contribution in [-0.4, -0.2) is 41.5 Å². The summed E-state index contributed by atoms with van der Waals surface area (Å²) in [6, 6.07) is 14.5. The van der Waals surface area contributed by atoms with Crippen molar-refractivity contribution >= 4 is 28.8 Å². The van der Waals surface area contributed by atoms with Crippen LogP contribution in [0.15, 0.2) is 48.7 Å². The van der Waals surface area contributed by atoms with Crippen molar-refractivity contribution in [3.63, 3.8) is 0 Å². The number of morpholine rings is 1. The first kappa shape index (κ1) is 18.2. The quantitative estimate of drug-likeness (QED) is 0.701. The van der Waals surface area contributed by atoms with E-state index in [1.807, 2.05) is 18.2 Å². The molecule has 0 atom stereocenters. The van der Waals surface area contributed by atoms with Crippen molar-refractivity contribution in [3.8, 4) is 0 Å². The van der Waals surface area contributed by atoms with Crippen LogP contribution in [0.1, 0.15) is 11.1 Å². The lowest BCUT2D eigenvalue weighted by Crippen LogP contribution is -2.36. The highest BCUT2D eigenvalue weighted by atomic mass is 16.5. The zero-order valence-electron chi connectivity index (χ0n) is 16.1. The summed E-state index contributed by atoms with van der Waals surface area (Å²) in [4.78, 5) is 6.88. The zero-order chi connectivity index (χ0) is 19.3. The minimum atomic E-state index is 0.457. The number of hydrogen-bond acceptors (Lipinski definition) is 7. The van der Waals surface area contributed by atoms with Crippen LogP contribution in [0.3, 0.4) is 0 Å². The second-order valence-electron chi connectivity index (χ2n) is 6.91. The Bertz CT molecular complexity index is 935. The van der Waals surface area contributed by atoms with E-state index in [2.05, 4.69) is 68.8 Å². The molecular formula is C21H24N6O. The van der Waals surface area contributed by atoms with Gasteiger partial charge in [-0.25, -0.2) is 0 Å². The fourth-order valence-electron chi connectivity index (χ4n) is 3.39. The Balaban J connectivity index is 1.54. The van der Waals surface area contributed by atoms with Gasteiger partial charge in [0.2, 0.25) is 5.95 Å². The summed E-state index contributed by atoms with van der Waals surface area (Å²) in [7, 11) is 0. The lowest BCUT2D eigenvalue weighted by atomic mass is 10.1. The molecule has 0 bridgehead atoms. The highest BCUT2D eigenvalue weighted by Gasteiger charge is 2.15. The van der Waals surface area contributed by atoms with Crippen molar-refractivity contribution in [1.82, 2.24) is 15.2 Å². The molecule has 7 nitrogen and oxygen atoms in total. The number of hydrogen-bond donors (Lipinski definition) is 2. The average molecular weight is 376 g/mol. The van der Waals surface area contributed by atoms with Crippen LogP contribution in [0.4, 0.5) is 28.8 Å². The fraction of sp³-hybridized carbons (Fsp3) is 0.286.